The van der Waals surface area contributed by atoms with Crippen molar-refractivity contribution in [2.45, 2.75) is 89.9 Å². The molecule has 2 aromatic carbocycles. The number of benzene rings is 2. The molecule has 0 saturated carbocycles. The number of fused-ring (bicyclic) bond motifs is 14. The highest BCUT2D eigenvalue weighted by atomic mass is 35.5. The number of nitrogens with two attached hydrogens (primary N) is 2. The molecule has 8 heterocycles. The molecule has 7 N–H and O–H groups in total. The average molecular weight is 1320 g/mol. The summed E-state index contributed by atoms with van der Waals surface area (Å²) in [5.41, 5.74) is 14.9. The Morgan fingerprint density at radius 3 is 1.98 bits per heavy atom. The number of ketones is 1. The summed E-state index contributed by atoms with van der Waals surface area (Å²) < 4.78 is 11.0. The third-order valence-electron chi connectivity index (χ3n) is 14.2. The van der Waals surface area contributed by atoms with Crippen molar-refractivity contribution in [1.82, 2.24) is 50.8 Å². The van der Waals surface area contributed by atoms with Crippen molar-refractivity contribution in [2.24, 2.45) is 17.4 Å². The topological polar surface area (TPSA) is 333 Å². The predicted molar refractivity (Wildman–Crippen MR) is 336 cm³/mol. The molecule has 10 rings (SSSR count). The Bertz CT molecular complexity index is 4120. The monoisotopic (exact) mass is 1320 g/mol. The number of alkyl halides is 1. The van der Waals surface area contributed by atoms with Crippen molar-refractivity contribution in [1.29, 1.82) is 0 Å². The molecule has 1 aliphatic rings. The van der Waals surface area contributed by atoms with E-state index < -0.39 is 77.5 Å². The van der Waals surface area contributed by atoms with Crippen molar-refractivity contribution in [2.75, 3.05) is 5.88 Å². The molecule has 10 bridgehead atoms. The number of nitrogens with one attached hydrogen (secondary N) is 3. The van der Waals surface area contributed by atoms with E-state index >= 15 is 4.79 Å². The van der Waals surface area contributed by atoms with Crippen LogP contribution in [0.25, 0.3) is 43.4 Å². The van der Waals surface area contributed by atoms with Crippen LogP contribution >= 0.6 is 79.6 Å². The number of pyridine rings is 1. The first-order chi connectivity index (χ1) is 42.2. The minimum Gasteiger partial charge on any atom is -0.461 e. The lowest BCUT2D eigenvalue weighted by molar-refractivity contribution is -0.148. The number of ether oxygens (including phenoxy) is 2. The molecule has 0 fully saturated rings. The van der Waals surface area contributed by atoms with E-state index in [2.05, 4.69) is 20.9 Å². The summed E-state index contributed by atoms with van der Waals surface area (Å²) in [4.78, 5) is 142. The summed E-state index contributed by atoms with van der Waals surface area (Å²) in [7, 11) is 0. The van der Waals surface area contributed by atoms with Crippen molar-refractivity contribution in [3.8, 4) is 49.1 Å². The fraction of sp³-hybridized carbons (Fsp3) is 0.271. The molecule has 452 valence electrons. The van der Waals surface area contributed by atoms with Gasteiger partial charge in [0.15, 0.2) is 5.78 Å². The predicted octanol–water partition coefficient (Wildman–Crippen LogP) is 9.65. The molecule has 1 aliphatic heterocycles. The summed E-state index contributed by atoms with van der Waals surface area (Å²) in [5.74, 6) is -6.52. The summed E-state index contributed by atoms with van der Waals surface area (Å²) in [6, 6.07) is 16.1. The minimum absolute atomic E-state index is 0.00511. The molecule has 7 atom stereocenters. The van der Waals surface area contributed by atoms with Crippen LogP contribution in [0.1, 0.15) is 137 Å². The molecule has 0 radical (unpaired) electrons. The number of halogens is 1. The molecule has 0 spiro atoms. The second kappa shape index (κ2) is 27.3. The van der Waals surface area contributed by atoms with Gasteiger partial charge >= 0.3 is 11.9 Å². The zero-order chi connectivity index (χ0) is 62.5. The number of carbonyl (C=O) groups is 8. The molecule has 88 heavy (non-hydrogen) atoms. The van der Waals surface area contributed by atoms with Gasteiger partial charge in [-0.2, -0.15) is 0 Å². The Hall–Kier alpha value is -8.38. The fourth-order valence-electron chi connectivity index (χ4n) is 9.68. The first-order valence-corrected chi connectivity index (χ1v) is 32.8. The lowest BCUT2D eigenvalue weighted by Gasteiger charge is -2.30. The third-order valence-corrected chi connectivity index (χ3v) is 20.1. The molecule has 0 saturated heterocycles. The van der Waals surface area contributed by atoms with Crippen LogP contribution in [0, 0.1) is 12.8 Å². The SMILES string of the molecule is CC(=O)Oc1ccc(C[C@@H]2NC(=O)c3csc(n3)[C@H]([C@H](C)c3ccccc3)CC(=O)c3nc(sc3C)[C@H](CC(N)=O)NC(=O)c3csc(n3)-c3ccc(-c4nc(C(N)=O)cs4)nc3-c3csc(n3)-c3csc(n3)[C@H]([C@@H](C)[C@H](CCl)OC(C)=O)NC2=O)cc1. The van der Waals surface area contributed by atoms with Crippen LogP contribution < -0.4 is 32.2 Å². The molecular weight excluding hydrogens is 1260 g/mol. The van der Waals surface area contributed by atoms with E-state index in [9.17, 15) is 33.6 Å². The van der Waals surface area contributed by atoms with Crippen LogP contribution in [-0.2, 0) is 30.3 Å². The number of primary amides is 2. The van der Waals surface area contributed by atoms with E-state index in [4.69, 9.17) is 62.4 Å². The van der Waals surface area contributed by atoms with E-state index in [1.54, 1.807) is 71.8 Å². The molecule has 9 aromatic rings. The van der Waals surface area contributed by atoms with Crippen molar-refractivity contribution in [3.63, 3.8) is 0 Å². The van der Waals surface area contributed by atoms with Gasteiger partial charge in [-0.3, -0.25) is 38.4 Å². The van der Waals surface area contributed by atoms with Gasteiger partial charge in [0, 0.05) is 75.9 Å². The van der Waals surface area contributed by atoms with E-state index in [1.165, 1.54) is 53.2 Å². The quantitative estimate of drug-likeness (QED) is 0.0407. The summed E-state index contributed by atoms with van der Waals surface area (Å²) in [6.07, 6.45) is -1.48. The van der Waals surface area contributed by atoms with E-state index in [0.717, 1.165) is 39.6 Å². The van der Waals surface area contributed by atoms with Gasteiger partial charge in [0.2, 0.25) is 11.8 Å². The zero-order valence-electron chi connectivity index (χ0n) is 47.3. The third kappa shape index (κ3) is 14.4. The maximum absolute atomic E-state index is 15.1. The molecule has 7 aromatic heterocycles. The first-order valence-electron chi connectivity index (χ1n) is 27.1. The minimum atomic E-state index is -1.30. The molecular formula is C59H53ClN12O10S6. The number of esters is 2. The summed E-state index contributed by atoms with van der Waals surface area (Å²) in [5, 5.41) is 19.3. The fourth-order valence-corrected chi connectivity index (χ4v) is 15.4. The molecule has 5 amide bonds. The zero-order valence-corrected chi connectivity index (χ0v) is 53.0. The number of carbonyl (C=O) groups excluding carboxylic acids is 8. The van der Waals surface area contributed by atoms with Gasteiger partial charge in [0.25, 0.3) is 17.7 Å². The summed E-state index contributed by atoms with van der Waals surface area (Å²) >= 11 is 13.5. The Labute approximate surface area is 531 Å². The number of hydrogen-bond donors (Lipinski definition) is 5. The number of aryl methyl sites for hydroxylation is 1. The number of nitrogens with zero attached hydrogens (tertiary/aromatic N) is 7. The highest BCUT2D eigenvalue weighted by Crippen LogP contribution is 2.41. The van der Waals surface area contributed by atoms with Crippen LogP contribution in [0.15, 0.2) is 93.6 Å². The maximum atomic E-state index is 15.1. The largest absolute Gasteiger partial charge is 0.461 e. The van der Waals surface area contributed by atoms with Gasteiger partial charge < -0.3 is 36.9 Å². The second-order valence-corrected chi connectivity index (χ2v) is 26.3. The van der Waals surface area contributed by atoms with Gasteiger partial charge in [-0.15, -0.1) is 79.6 Å². The van der Waals surface area contributed by atoms with Crippen molar-refractivity contribution < 1.29 is 47.8 Å². The van der Waals surface area contributed by atoms with E-state index in [-0.39, 0.29) is 70.4 Å². The molecule has 29 heteroatoms. The average Bonchev–Trinajstić information content (AvgIpc) is 2.05. The number of rotatable bonds is 13. The van der Waals surface area contributed by atoms with Crippen LogP contribution in [-0.4, -0.2) is 100 Å². The number of hydrogen-bond acceptors (Lipinski definition) is 23. The number of amides is 5. The Kier molecular flexibility index (Phi) is 19.5. The Morgan fingerprint density at radius 1 is 0.648 bits per heavy atom. The smallest absolute Gasteiger partial charge is 0.308 e. The van der Waals surface area contributed by atoms with Gasteiger partial charge in [-0.05, 0) is 48.2 Å². The normalized spacial score (nSPS) is 17.6. The lowest BCUT2D eigenvalue weighted by Crippen LogP contribution is -2.50. The van der Waals surface area contributed by atoms with Gasteiger partial charge in [0.05, 0.1) is 35.1 Å². The second-order valence-electron chi connectivity index (χ2n) is 20.4. The standard InChI is InChI=1S/C59H53ClN12O10S6/c1-26(32-9-7-6-8-10-32)35-18-44(75)48-28(3)88-58(72-48)38(19-46(61)76)65-53(80)42-23-83-54(68-42)34-15-16-36(56-67-40(22-86-56)50(62)77)63-49(34)39-21-85-57(66-39)43-25-87-59(70-43)47(27(2)45(20-60)82-30(5)74)71-51(78)37(64-52(79)41-24-84-55(35)69-41)17-31-11-13-33(14-12-31)81-29(4)73/h6-16,21-27,35,37-38,45,47H,17-20H2,1-5H3,(H2,61,76)(H2,62,77)(H,64,79)(H,65,80)(H,71,78)/t26-,27+,35+,37+,38+,45+,47+/m1/s1. The maximum Gasteiger partial charge on any atom is 0.308 e. The van der Waals surface area contributed by atoms with Crippen LogP contribution in [0.5, 0.6) is 5.75 Å². The van der Waals surface area contributed by atoms with Crippen LogP contribution in [0.2, 0.25) is 0 Å². The Balaban J connectivity index is 1.10. The molecule has 22 nitrogen and oxygen atoms in total. The lowest BCUT2D eigenvalue weighted by atomic mass is 9.84. The molecule has 0 aliphatic carbocycles. The van der Waals surface area contributed by atoms with Gasteiger partial charge in [-0.1, -0.05) is 56.3 Å². The van der Waals surface area contributed by atoms with Crippen LogP contribution in [0.4, 0.5) is 0 Å². The van der Waals surface area contributed by atoms with Gasteiger partial charge in [0.1, 0.15) is 82.8 Å². The number of thiazole rings is 6. The highest BCUT2D eigenvalue weighted by molar-refractivity contribution is 7.15. The number of Topliss-reactive ketones (excluding diaryl/α,β-unsaturated/α-hetero) is 1. The van der Waals surface area contributed by atoms with Gasteiger partial charge in [-0.25, -0.2) is 34.9 Å². The van der Waals surface area contributed by atoms with E-state index in [1.807, 2.05) is 37.3 Å². The van der Waals surface area contributed by atoms with Crippen molar-refractivity contribution in [3.05, 3.63) is 147 Å². The van der Waals surface area contributed by atoms with Crippen LogP contribution in [0.3, 0.4) is 0 Å². The first kappa shape index (κ1) is 62.7. The summed E-state index contributed by atoms with van der Waals surface area (Å²) in [6.45, 7) is 7.95. The highest BCUT2D eigenvalue weighted by Gasteiger charge is 2.37. The number of aromatic nitrogens is 7. The Morgan fingerprint density at radius 2 is 1.28 bits per heavy atom. The molecule has 0 unspecified atom stereocenters. The van der Waals surface area contributed by atoms with Crippen molar-refractivity contribution >= 4 is 127 Å². The van der Waals surface area contributed by atoms with E-state index in [0.29, 0.717) is 63.8 Å².